The highest BCUT2D eigenvalue weighted by Crippen LogP contribution is 2.34. The molecule has 1 aromatic heterocycles. The molecule has 0 saturated carbocycles. The second-order valence-electron chi connectivity index (χ2n) is 6.33. The summed E-state index contributed by atoms with van der Waals surface area (Å²) in [5, 5.41) is 14.1. The number of nitrogens with zero attached hydrogens (tertiary/aromatic N) is 2. The molecule has 0 aliphatic heterocycles. The molecular weight excluding hydrogens is 266 g/mol. The molecule has 3 nitrogen and oxygen atoms in total. The van der Waals surface area contributed by atoms with Crippen LogP contribution < -0.4 is 5.32 Å². The number of benzene rings is 1. The Labute approximate surface area is 125 Å². The first-order chi connectivity index (χ1) is 9.38. The molecular formula is C16H23N3S. The smallest absolute Gasteiger partial charge is 0.148 e. The van der Waals surface area contributed by atoms with Crippen LogP contribution in [0.15, 0.2) is 24.3 Å². The molecule has 0 saturated heterocycles. The first kappa shape index (κ1) is 15.1. The molecule has 108 valence electrons. The van der Waals surface area contributed by atoms with Crippen molar-refractivity contribution in [3.8, 4) is 10.6 Å². The number of rotatable bonds is 4. The maximum absolute atomic E-state index is 4.37. The van der Waals surface area contributed by atoms with Crippen molar-refractivity contribution >= 4 is 11.3 Å². The molecule has 0 radical (unpaired) electrons. The highest BCUT2D eigenvalue weighted by molar-refractivity contribution is 7.14. The van der Waals surface area contributed by atoms with E-state index in [1.165, 1.54) is 11.1 Å². The molecule has 1 heterocycles. The average Bonchev–Trinajstić information content (AvgIpc) is 2.84. The van der Waals surface area contributed by atoms with E-state index in [9.17, 15) is 0 Å². The molecule has 2 rings (SSSR count). The Hall–Kier alpha value is -1.26. The third-order valence-corrected chi connectivity index (χ3v) is 4.05. The Bertz CT molecular complexity index is 567. The van der Waals surface area contributed by atoms with Crippen molar-refractivity contribution in [2.75, 3.05) is 0 Å². The minimum Gasteiger partial charge on any atom is -0.308 e. The summed E-state index contributed by atoms with van der Waals surface area (Å²) < 4.78 is 0. The van der Waals surface area contributed by atoms with Crippen LogP contribution in [-0.2, 0) is 12.0 Å². The summed E-state index contributed by atoms with van der Waals surface area (Å²) in [6.45, 7) is 11.7. The lowest BCUT2D eigenvalue weighted by atomic mass is 9.84. The van der Waals surface area contributed by atoms with Crippen LogP contribution >= 0.6 is 11.3 Å². The molecule has 0 spiro atoms. The maximum atomic E-state index is 4.37. The van der Waals surface area contributed by atoms with Gasteiger partial charge in [0.15, 0.2) is 0 Å². The van der Waals surface area contributed by atoms with Gasteiger partial charge in [0, 0.05) is 18.2 Å². The Balaban J connectivity index is 2.29. The van der Waals surface area contributed by atoms with Crippen molar-refractivity contribution in [3.63, 3.8) is 0 Å². The van der Waals surface area contributed by atoms with Crippen LogP contribution in [0, 0.1) is 0 Å². The SMILES string of the molecule is CC(C)NCc1nnc(-c2ccccc2C(C)(C)C)s1. The second-order valence-corrected chi connectivity index (χ2v) is 7.39. The molecule has 2 aromatic rings. The third kappa shape index (κ3) is 3.64. The van der Waals surface area contributed by atoms with Gasteiger partial charge in [0.05, 0.1) is 0 Å². The minimum atomic E-state index is 0.110. The molecule has 20 heavy (non-hydrogen) atoms. The summed E-state index contributed by atoms with van der Waals surface area (Å²) >= 11 is 1.67. The quantitative estimate of drug-likeness (QED) is 0.924. The average molecular weight is 289 g/mol. The van der Waals surface area contributed by atoms with Gasteiger partial charge in [-0.1, -0.05) is 70.2 Å². The molecule has 1 N–H and O–H groups in total. The Morgan fingerprint density at radius 1 is 1.15 bits per heavy atom. The molecule has 4 heteroatoms. The lowest BCUT2D eigenvalue weighted by molar-refractivity contribution is 0.584. The fourth-order valence-corrected chi connectivity index (χ4v) is 2.88. The van der Waals surface area contributed by atoms with Gasteiger partial charge < -0.3 is 5.32 Å². The number of nitrogens with one attached hydrogen (secondary N) is 1. The summed E-state index contributed by atoms with van der Waals surface area (Å²) in [5.74, 6) is 0. The fraction of sp³-hybridized carbons (Fsp3) is 0.500. The van der Waals surface area contributed by atoms with E-state index < -0.39 is 0 Å². The van der Waals surface area contributed by atoms with Crippen LogP contribution in [0.1, 0.15) is 45.2 Å². The van der Waals surface area contributed by atoms with E-state index in [2.05, 4.69) is 74.4 Å². The van der Waals surface area contributed by atoms with Gasteiger partial charge in [0.25, 0.3) is 0 Å². The zero-order chi connectivity index (χ0) is 14.8. The van der Waals surface area contributed by atoms with Crippen LogP contribution in [0.5, 0.6) is 0 Å². The first-order valence-electron chi connectivity index (χ1n) is 7.03. The van der Waals surface area contributed by atoms with Gasteiger partial charge in [-0.3, -0.25) is 0 Å². The predicted molar refractivity (Wildman–Crippen MR) is 86.0 cm³/mol. The van der Waals surface area contributed by atoms with Gasteiger partial charge in [0.2, 0.25) is 0 Å². The monoisotopic (exact) mass is 289 g/mol. The largest absolute Gasteiger partial charge is 0.308 e. The van der Waals surface area contributed by atoms with Gasteiger partial charge in [0.1, 0.15) is 10.0 Å². The first-order valence-corrected chi connectivity index (χ1v) is 7.85. The van der Waals surface area contributed by atoms with Crippen LogP contribution in [0.25, 0.3) is 10.6 Å². The van der Waals surface area contributed by atoms with Crippen molar-refractivity contribution in [1.29, 1.82) is 0 Å². The zero-order valence-electron chi connectivity index (χ0n) is 12.9. The summed E-state index contributed by atoms with van der Waals surface area (Å²) in [4.78, 5) is 0. The minimum absolute atomic E-state index is 0.110. The highest BCUT2D eigenvalue weighted by Gasteiger charge is 2.20. The lowest BCUT2D eigenvalue weighted by Gasteiger charge is -2.21. The molecule has 0 unspecified atom stereocenters. The fourth-order valence-electron chi connectivity index (χ4n) is 2.05. The summed E-state index contributed by atoms with van der Waals surface area (Å²) in [6, 6.07) is 8.94. The standard InChI is InChI=1S/C16H23N3S/c1-11(2)17-10-14-18-19-15(20-14)12-8-6-7-9-13(12)16(3,4)5/h6-9,11,17H,10H2,1-5H3. The van der Waals surface area contributed by atoms with Crippen LogP contribution in [0.4, 0.5) is 0 Å². The van der Waals surface area contributed by atoms with E-state index in [1.54, 1.807) is 11.3 Å². The van der Waals surface area contributed by atoms with E-state index in [4.69, 9.17) is 0 Å². The topological polar surface area (TPSA) is 37.8 Å². The molecule has 0 aliphatic rings. The Kier molecular flexibility index (Phi) is 4.55. The van der Waals surface area contributed by atoms with Crippen molar-refractivity contribution in [1.82, 2.24) is 15.5 Å². The highest BCUT2D eigenvalue weighted by atomic mass is 32.1. The number of hydrogen-bond donors (Lipinski definition) is 1. The van der Waals surface area contributed by atoms with E-state index >= 15 is 0 Å². The van der Waals surface area contributed by atoms with E-state index in [1.807, 2.05) is 0 Å². The van der Waals surface area contributed by atoms with E-state index in [0.717, 1.165) is 16.6 Å². The van der Waals surface area contributed by atoms with Gasteiger partial charge in [-0.05, 0) is 11.0 Å². The number of aromatic nitrogens is 2. The number of hydrogen-bond acceptors (Lipinski definition) is 4. The van der Waals surface area contributed by atoms with E-state index in [-0.39, 0.29) is 5.41 Å². The summed E-state index contributed by atoms with van der Waals surface area (Å²) in [5.41, 5.74) is 2.63. The predicted octanol–water partition coefficient (Wildman–Crippen LogP) is 4.00. The Morgan fingerprint density at radius 3 is 2.50 bits per heavy atom. The molecule has 0 atom stereocenters. The second kappa shape index (κ2) is 6.02. The van der Waals surface area contributed by atoms with Crippen molar-refractivity contribution in [2.24, 2.45) is 0 Å². The van der Waals surface area contributed by atoms with Crippen LogP contribution in [-0.4, -0.2) is 16.2 Å². The molecule has 1 aromatic carbocycles. The van der Waals surface area contributed by atoms with Gasteiger partial charge in [-0.2, -0.15) is 0 Å². The maximum Gasteiger partial charge on any atom is 0.148 e. The summed E-state index contributed by atoms with van der Waals surface area (Å²) in [6.07, 6.45) is 0. The summed E-state index contributed by atoms with van der Waals surface area (Å²) in [7, 11) is 0. The van der Waals surface area contributed by atoms with Crippen molar-refractivity contribution in [3.05, 3.63) is 34.8 Å². The van der Waals surface area contributed by atoms with Crippen molar-refractivity contribution in [2.45, 2.75) is 52.6 Å². The van der Waals surface area contributed by atoms with Crippen molar-refractivity contribution < 1.29 is 0 Å². The molecule has 0 fully saturated rings. The Morgan fingerprint density at radius 2 is 1.85 bits per heavy atom. The van der Waals surface area contributed by atoms with Crippen LogP contribution in [0.3, 0.4) is 0 Å². The molecule has 0 amide bonds. The normalized spacial score (nSPS) is 12.1. The van der Waals surface area contributed by atoms with Gasteiger partial charge in [-0.15, -0.1) is 10.2 Å². The molecule has 0 bridgehead atoms. The van der Waals surface area contributed by atoms with Crippen LogP contribution in [0.2, 0.25) is 0 Å². The zero-order valence-corrected chi connectivity index (χ0v) is 13.7. The van der Waals surface area contributed by atoms with Gasteiger partial charge >= 0.3 is 0 Å². The third-order valence-electron chi connectivity index (χ3n) is 3.09. The van der Waals surface area contributed by atoms with E-state index in [0.29, 0.717) is 6.04 Å². The van der Waals surface area contributed by atoms with Gasteiger partial charge in [-0.25, -0.2) is 0 Å². The lowest BCUT2D eigenvalue weighted by Crippen LogP contribution is -2.21. The molecule has 0 aliphatic carbocycles.